The first-order valence-electron chi connectivity index (χ1n) is 9.75. The van der Waals surface area contributed by atoms with Crippen LogP contribution in [0.15, 0.2) is 18.9 Å². The Morgan fingerprint density at radius 2 is 2.20 bits per heavy atom. The summed E-state index contributed by atoms with van der Waals surface area (Å²) in [6.45, 7) is 11.4. The number of amides is 1. The Morgan fingerprint density at radius 3 is 2.96 bits per heavy atom. The van der Waals surface area contributed by atoms with Crippen molar-refractivity contribution in [3.63, 3.8) is 0 Å². The molecule has 1 spiro atoms. The van der Waals surface area contributed by atoms with Crippen LogP contribution >= 0.6 is 0 Å². The van der Waals surface area contributed by atoms with Gasteiger partial charge in [0.25, 0.3) is 0 Å². The molecular weight excluding hydrogens is 312 g/mol. The fourth-order valence-corrected chi connectivity index (χ4v) is 4.59. The summed E-state index contributed by atoms with van der Waals surface area (Å²) in [6.07, 6.45) is 9.89. The van der Waals surface area contributed by atoms with Crippen molar-refractivity contribution < 1.29 is 4.79 Å². The number of rotatable bonds is 6. The van der Waals surface area contributed by atoms with E-state index in [9.17, 15) is 4.79 Å². The van der Waals surface area contributed by atoms with Gasteiger partial charge in [0.05, 0.1) is 17.7 Å². The average Bonchev–Trinajstić information content (AvgIpc) is 3.21. The van der Waals surface area contributed by atoms with Crippen LogP contribution in [-0.2, 0) is 17.9 Å². The second-order valence-corrected chi connectivity index (χ2v) is 8.29. The van der Waals surface area contributed by atoms with Gasteiger partial charge in [0.15, 0.2) is 0 Å². The smallest absolute Gasteiger partial charge is 0.230 e. The van der Waals surface area contributed by atoms with Gasteiger partial charge in [-0.3, -0.25) is 14.4 Å². The third-order valence-corrected chi connectivity index (χ3v) is 6.19. The number of likely N-dealkylation sites (tertiary alicyclic amines) is 2. The van der Waals surface area contributed by atoms with E-state index in [1.165, 1.54) is 24.8 Å². The molecule has 1 aromatic rings. The molecule has 25 heavy (non-hydrogen) atoms. The summed E-state index contributed by atoms with van der Waals surface area (Å²) >= 11 is 0. The van der Waals surface area contributed by atoms with Crippen molar-refractivity contribution in [2.45, 2.75) is 52.1 Å². The zero-order valence-corrected chi connectivity index (χ0v) is 15.4. The second-order valence-electron chi connectivity index (χ2n) is 8.29. The van der Waals surface area contributed by atoms with Crippen LogP contribution < -0.4 is 0 Å². The summed E-state index contributed by atoms with van der Waals surface area (Å²) in [5, 5.41) is 4.56. The predicted octanol–water partition coefficient (Wildman–Crippen LogP) is 2.60. The highest BCUT2D eigenvalue weighted by Gasteiger charge is 2.48. The average molecular weight is 342 g/mol. The zero-order valence-electron chi connectivity index (χ0n) is 15.4. The molecule has 0 radical (unpaired) electrons. The number of aromatic nitrogens is 2. The lowest BCUT2D eigenvalue weighted by molar-refractivity contribution is -0.145. The van der Waals surface area contributed by atoms with E-state index in [0.717, 1.165) is 63.7 Å². The maximum Gasteiger partial charge on any atom is 0.230 e. The Morgan fingerprint density at radius 1 is 1.36 bits per heavy atom. The number of nitrogens with zero attached hydrogens (tertiary/aromatic N) is 4. The number of piperidine rings is 1. The largest absolute Gasteiger partial charge is 0.342 e. The highest BCUT2D eigenvalue weighted by molar-refractivity contribution is 5.84. The molecule has 5 heteroatoms. The van der Waals surface area contributed by atoms with Crippen LogP contribution in [0.5, 0.6) is 0 Å². The first kappa shape index (κ1) is 16.8. The molecule has 3 aliphatic rings. The second kappa shape index (κ2) is 6.60. The van der Waals surface area contributed by atoms with Crippen LogP contribution in [0.4, 0.5) is 0 Å². The summed E-state index contributed by atoms with van der Waals surface area (Å²) < 4.78 is 1.95. The summed E-state index contributed by atoms with van der Waals surface area (Å²) in [5.74, 6) is 1.22. The van der Waals surface area contributed by atoms with Gasteiger partial charge < -0.3 is 4.90 Å². The molecule has 1 saturated carbocycles. The fourth-order valence-electron chi connectivity index (χ4n) is 4.59. The van der Waals surface area contributed by atoms with Crippen LogP contribution in [-0.4, -0.2) is 51.7 Å². The van der Waals surface area contributed by atoms with E-state index in [4.69, 9.17) is 0 Å². The molecule has 0 N–H and O–H groups in total. The van der Waals surface area contributed by atoms with Crippen molar-refractivity contribution in [3.8, 4) is 0 Å². The topological polar surface area (TPSA) is 41.4 Å². The van der Waals surface area contributed by atoms with Gasteiger partial charge in [-0.15, -0.1) is 6.58 Å². The lowest BCUT2D eigenvalue weighted by atomic mass is 9.78. The molecule has 1 amide bonds. The summed E-state index contributed by atoms with van der Waals surface area (Å²) in [6, 6.07) is 0. The molecule has 1 unspecified atom stereocenters. The molecule has 0 aromatic carbocycles. The molecule has 3 fully saturated rings. The van der Waals surface area contributed by atoms with E-state index in [-0.39, 0.29) is 5.41 Å². The van der Waals surface area contributed by atoms with Crippen LogP contribution in [0.1, 0.15) is 43.4 Å². The molecule has 1 aromatic heterocycles. The number of carbonyl (C=O) groups is 1. The van der Waals surface area contributed by atoms with Crippen LogP contribution in [0.2, 0.25) is 0 Å². The Labute approximate surface area is 150 Å². The maximum absolute atomic E-state index is 13.1. The van der Waals surface area contributed by atoms with Crippen molar-refractivity contribution >= 4 is 5.91 Å². The van der Waals surface area contributed by atoms with E-state index in [1.807, 2.05) is 10.8 Å². The minimum atomic E-state index is -0.113. The molecular formula is C20H30N4O. The molecule has 136 valence electrons. The van der Waals surface area contributed by atoms with Gasteiger partial charge in [-0.2, -0.15) is 5.10 Å². The summed E-state index contributed by atoms with van der Waals surface area (Å²) in [5.41, 5.74) is 2.25. The first-order chi connectivity index (χ1) is 12.1. The highest BCUT2D eigenvalue weighted by Crippen LogP contribution is 2.42. The van der Waals surface area contributed by atoms with Crippen LogP contribution in [0, 0.1) is 18.3 Å². The molecule has 1 aliphatic carbocycles. The minimum Gasteiger partial charge on any atom is -0.342 e. The number of hydrogen-bond acceptors (Lipinski definition) is 3. The van der Waals surface area contributed by atoms with Crippen molar-refractivity contribution in [1.29, 1.82) is 0 Å². The monoisotopic (exact) mass is 342 g/mol. The fraction of sp³-hybridized carbons (Fsp3) is 0.700. The van der Waals surface area contributed by atoms with Crippen LogP contribution in [0.25, 0.3) is 0 Å². The van der Waals surface area contributed by atoms with Gasteiger partial charge in [0.2, 0.25) is 5.91 Å². The van der Waals surface area contributed by atoms with E-state index in [1.54, 1.807) is 0 Å². The van der Waals surface area contributed by atoms with Gasteiger partial charge >= 0.3 is 0 Å². The van der Waals surface area contributed by atoms with E-state index >= 15 is 0 Å². The van der Waals surface area contributed by atoms with Crippen molar-refractivity contribution in [1.82, 2.24) is 19.6 Å². The van der Waals surface area contributed by atoms with Crippen molar-refractivity contribution in [2.75, 3.05) is 26.2 Å². The van der Waals surface area contributed by atoms with E-state index in [0.29, 0.717) is 5.91 Å². The predicted molar refractivity (Wildman–Crippen MR) is 98.0 cm³/mol. The summed E-state index contributed by atoms with van der Waals surface area (Å²) in [4.78, 5) is 17.8. The SMILES string of the molecule is C=CCn1cc(CN2CCC3(CCCN(CC4CC4)C3=O)C2)c(C)n1. The van der Waals surface area contributed by atoms with Gasteiger partial charge in [-0.25, -0.2) is 0 Å². The lowest BCUT2D eigenvalue weighted by Gasteiger charge is -2.39. The molecule has 5 nitrogen and oxygen atoms in total. The normalized spacial score (nSPS) is 27.4. The Balaban J connectivity index is 1.41. The number of aryl methyl sites for hydroxylation is 1. The van der Waals surface area contributed by atoms with Gasteiger partial charge in [0, 0.05) is 37.9 Å². The standard InChI is InChI=1S/C20H30N4O/c1-3-9-24-14-18(16(2)21-24)13-22-11-8-20(15-22)7-4-10-23(19(20)25)12-17-5-6-17/h3,14,17H,1,4-13,15H2,2H3. The Kier molecular flexibility index (Phi) is 4.44. The number of hydrogen-bond donors (Lipinski definition) is 0. The molecule has 0 bridgehead atoms. The van der Waals surface area contributed by atoms with Crippen molar-refractivity contribution in [3.05, 3.63) is 30.1 Å². The lowest BCUT2D eigenvalue weighted by Crippen LogP contribution is -2.50. The number of carbonyl (C=O) groups excluding carboxylic acids is 1. The van der Waals surface area contributed by atoms with E-state index in [2.05, 4.69) is 34.6 Å². The van der Waals surface area contributed by atoms with Gasteiger partial charge in [-0.1, -0.05) is 6.08 Å². The summed E-state index contributed by atoms with van der Waals surface area (Å²) in [7, 11) is 0. The zero-order chi connectivity index (χ0) is 17.4. The Bertz CT molecular complexity index is 663. The van der Waals surface area contributed by atoms with Crippen LogP contribution in [0.3, 0.4) is 0 Å². The molecule has 2 aliphatic heterocycles. The third kappa shape index (κ3) is 3.39. The Hall–Kier alpha value is -1.62. The van der Waals surface area contributed by atoms with E-state index < -0.39 is 0 Å². The molecule has 1 atom stereocenters. The quantitative estimate of drug-likeness (QED) is 0.746. The van der Waals surface area contributed by atoms with Gasteiger partial charge in [0.1, 0.15) is 0 Å². The highest BCUT2D eigenvalue weighted by atomic mass is 16.2. The van der Waals surface area contributed by atoms with Gasteiger partial charge in [-0.05, 0) is 51.5 Å². The molecule has 4 rings (SSSR count). The minimum absolute atomic E-state index is 0.113. The molecule has 3 heterocycles. The number of allylic oxidation sites excluding steroid dienone is 1. The van der Waals surface area contributed by atoms with Crippen molar-refractivity contribution in [2.24, 2.45) is 11.3 Å². The third-order valence-electron chi connectivity index (χ3n) is 6.19. The maximum atomic E-state index is 13.1. The molecule has 2 saturated heterocycles. The first-order valence-corrected chi connectivity index (χ1v) is 9.75.